The second-order valence-corrected chi connectivity index (χ2v) is 3.04. The molecular formula is C10H11NO4. The number of carbonyl (C=O) groups is 2. The second-order valence-electron chi connectivity index (χ2n) is 3.04. The predicted octanol–water partition coefficient (Wildman–Crippen LogP) is 0.763. The van der Waals surface area contributed by atoms with Crippen LogP contribution in [-0.4, -0.2) is 22.1 Å². The summed E-state index contributed by atoms with van der Waals surface area (Å²) < 4.78 is 0. The number of carboxylic acids is 1. The molecule has 0 fully saturated rings. The predicted molar refractivity (Wildman–Crippen MR) is 53.3 cm³/mol. The summed E-state index contributed by atoms with van der Waals surface area (Å²) in [6.45, 7) is 1.38. The number of amides is 1. The molecule has 0 bridgehead atoms. The van der Waals surface area contributed by atoms with Crippen molar-refractivity contribution in [1.82, 2.24) is 0 Å². The van der Waals surface area contributed by atoms with E-state index in [2.05, 4.69) is 5.32 Å². The molecule has 5 nitrogen and oxygen atoms in total. The Morgan fingerprint density at radius 1 is 1.27 bits per heavy atom. The van der Waals surface area contributed by atoms with Gasteiger partial charge in [-0.15, -0.1) is 0 Å². The van der Waals surface area contributed by atoms with Crippen LogP contribution in [0.15, 0.2) is 24.3 Å². The third-order valence-electron chi connectivity index (χ3n) is 1.78. The maximum absolute atomic E-state index is 10.7. The van der Waals surface area contributed by atoms with Crippen LogP contribution in [0.2, 0.25) is 0 Å². The van der Waals surface area contributed by atoms with Crippen molar-refractivity contribution in [1.29, 1.82) is 0 Å². The molecule has 1 aromatic rings. The minimum Gasteiger partial charge on any atom is -0.479 e. The number of hydrogen-bond donors (Lipinski definition) is 3. The Bertz CT molecular complexity index is 372. The number of nitrogens with one attached hydrogen (secondary N) is 1. The van der Waals surface area contributed by atoms with Crippen LogP contribution in [0.1, 0.15) is 18.6 Å². The van der Waals surface area contributed by atoms with Gasteiger partial charge in [-0.1, -0.05) is 12.1 Å². The fourth-order valence-corrected chi connectivity index (χ4v) is 1.09. The molecule has 5 heteroatoms. The molecule has 0 spiro atoms. The van der Waals surface area contributed by atoms with Crippen molar-refractivity contribution >= 4 is 17.6 Å². The summed E-state index contributed by atoms with van der Waals surface area (Å²) in [7, 11) is 0. The zero-order chi connectivity index (χ0) is 11.4. The van der Waals surface area contributed by atoms with Crippen LogP contribution in [0.4, 0.5) is 5.69 Å². The molecule has 1 unspecified atom stereocenters. The molecule has 80 valence electrons. The fraction of sp³-hybridized carbons (Fsp3) is 0.200. The van der Waals surface area contributed by atoms with E-state index in [0.717, 1.165) is 0 Å². The topological polar surface area (TPSA) is 86.6 Å². The van der Waals surface area contributed by atoms with Gasteiger partial charge in [-0.05, 0) is 17.7 Å². The lowest BCUT2D eigenvalue weighted by atomic mass is 10.1. The standard InChI is InChI=1S/C10H11NO4/c1-6(12)11-8-4-2-7(3-5-8)9(13)10(14)15/h2-5,9,13H,1H3,(H,11,12)(H,14,15). The summed E-state index contributed by atoms with van der Waals surface area (Å²) in [6.07, 6.45) is -1.53. The molecule has 3 N–H and O–H groups in total. The number of hydrogen-bond acceptors (Lipinski definition) is 3. The third kappa shape index (κ3) is 3.07. The number of aliphatic hydroxyl groups is 1. The molecule has 0 aliphatic heterocycles. The van der Waals surface area contributed by atoms with Crippen molar-refractivity contribution in [2.24, 2.45) is 0 Å². The maximum atomic E-state index is 10.7. The average Bonchev–Trinajstić information content (AvgIpc) is 2.17. The van der Waals surface area contributed by atoms with Crippen LogP contribution in [0.25, 0.3) is 0 Å². The minimum atomic E-state index is -1.53. The zero-order valence-corrected chi connectivity index (χ0v) is 8.10. The summed E-state index contributed by atoms with van der Waals surface area (Å²) in [5.41, 5.74) is 0.834. The molecule has 0 aromatic heterocycles. The highest BCUT2D eigenvalue weighted by Crippen LogP contribution is 2.16. The van der Waals surface area contributed by atoms with Gasteiger partial charge in [-0.2, -0.15) is 0 Å². The van der Waals surface area contributed by atoms with E-state index in [1.165, 1.54) is 31.2 Å². The lowest BCUT2D eigenvalue weighted by Crippen LogP contribution is -2.10. The molecule has 1 rings (SSSR count). The SMILES string of the molecule is CC(=O)Nc1ccc(C(O)C(=O)O)cc1. The summed E-state index contributed by atoms with van der Waals surface area (Å²) in [5, 5.41) is 20.2. The van der Waals surface area contributed by atoms with Gasteiger partial charge in [0.1, 0.15) is 0 Å². The van der Waals surface area contributed by atoms with Gasteiger partial charge in [-0.3, -0.25) is 4.79 Å². The normalized spacial score (nSPS) is 11.9. The van der Waals surface area contributed by atoms with Crippen LogP contribution in [0.3, 0.4) is 0 Å². The molecule has 1 aromatic carbocycles. The van der Waals surface area contributed by atoms with E-state index in [9.17, 15) is 14.7 Å². The van der Waals surface area contributed by atoms with Crippen molar-refractivity contribution in [3.8, 4) is 0 Å². The molecule has 15 heavy (non-hydrogen) atoms. The molecule has 0 aliphatic rings. The van der Waals surface area contributed by atoms with E-state index >= 15 is 0 Å². The van der Waals surface area contributed by atoms with Crippen LogP contribution >= 0.6 is 0 Å². The Hall–Kier alpha value is -1.88. The average molecular weight is 209 g/mol. The van der Waals surface area contributed by atoms with Gasteiger partial charge in [0, 0.05) is 12.6 Å². The Morgan fingerprint density at radius 3 is 2.20 bits per heavy atom. The van der Waals surface area contributed by atoms with E-state index in [1.807, 2.05) is 0 Å². The van der Waals surface area contributed by atoms with Gasteiger partial charge in [0.05, 0.1) is 0 Å². The van der Waals surface area contributed by atoms with Gasteiger partial charge >= 0.3 is 5.97 Å². The van der Waals surface area contributed by atoms with Crippen molar-refractivity contribution in [2.75, 3.05) is 5.32 Å². The molecule has 1 amide bonds. The van der Waals surface area contributed by atoms with E-state index in [4.69, 9.17) is 5.11 Å². The van der Waals surface area contributed by atoms with Crippen LogP contribution in [0, 0.1) is 0 Å². The molecule has 0 aliphatic carbocycles. The number of carboxylic acid groups (broad SMARTS) is 1. The highest BCUT2D eigenvalue weighted by Gasteiger charge is 2.15. The van der Waals surface area contributed by atoms with Gasteiger partial charge in [0.25, 0.3) is 0 Å². The summed E-state index contributed by atoms with van der Waals surface area (Å²) in [6, 6.07) is 5.96. The second kappa shape index (κ2) is 4.56. The molecular weight excluding hydrogens is 198 g/mol. The highest BCUT2D eigenvalue weighted by atomic mass is 16.4. The van der Waals surface area contributed by atoms with Crippen LogP contribution in [0.5, 0.6) is 0 Å². The van der Waals surface area contributed by atoms with Gasteiger partial charge < -0.3 is 15.5 Å². The summed E-state index contributed by atoms with van der Waals surface area (Å²) in [5.74, 6) is -1.51. The smallest absolute Gasteiger partial charge is 0.337 e. The minimum absolute atomic E-state index is 0.207. The van der Waals surface area contributed by atoms with Crippen molar-refractivity contribution < 1.29 is 19.8 Å². The number of anilines is 1. The third-order valence-corrected chi connectivity index (χ3v) is 1.78. The Balaban J connectivity index is 2.80. The first-order valence-corrected chi connectivity index (χ1v) is 4.29. The quantitative estimate of drug-likeness (QED) is 0.686. The monoisotopic (exact) mass is 209 g/mol. The highest BCUT2D eigenvalue weighted by molar-refractivity contribution is 5.88. The van der Waals surface area contributed by atoms with Crippen LogP contribution < -0.4 is 5.32 Å². The first kappa shape index (κ1) is 11.2. The van der Waals surface area contributed by atoms with E-state index in [0.29, 0.717) is 5.69 Å². The number of aliphatic hydroxyl groups excluding tert-OH is 1. The number of aliphatic carboxylic acids is 1. The Labute approximate surface area is 86.4 Å². The number of benzene rings is 1. The molecule has 0 saturated heterocycles. The summed E-state index contributed by atoms with van der Waals surface area (Å²) in [4.78, 5) is 21.1. The first-order valence-electron chi connectivity index (χ1n) is 4.29. The lowest BCUT2D eigenvalue weighted by molar-refractivity contribution is -0.146. The number of carbonyl (C=O) groups excluding carboxylic acids is 1. The zero-order valence-electron chi connectivity index (χ0n) is 8.10. The Morgan fingerprint density at radius 2 is 1.80 bits per heavy atom. The molecule has 0 radical (unpaired) electrons. The first-order chi connectivity index (χ1) is 7.00. The van der Waals surface area contributed by atoms with Crippen molar-refractivity contribution in [3.63, 3.8) is 0 Å². The van der Waals surface area contributed by atoms with E-state index < -0.39 is 12.1 Å². The van der Waals surface area contributed by atoms with Crippen LogP contribution in [-0.2, 0) is 9.59 Å². The van der Waals surface area contributed by atoms with Gasteiger partial charge in [0.15, 0.2) is 6.10 Å². The van der Waals surface area contributed by atoms with Crippen molar-refractivity contribution in [2.45, 2.75) is 13.0 Å². The van der Waals surface area contributed by atoms with Crippen molar-refractivity contribution in [3.05, 3.63) is 29.8 Å². The largest absolute Gasteiger partial charge is 0.479 e. The molecule has 1 atom stereocenters. The maximum Gasteiger partial charge on any atom is 0.337 e. The molecule has 0 heterocycles. The number of rotatable bonds is 3. The van der Waals surface area contributed by atoms with E-state index in [-0.39, 0.29) is 11.5 Å². The summed E-state index contributed by atoms with van der Waals surface area (Å²) >= 11 is 0. The fourth-order valence-electron chi connectivity index (χ4n) is 1.09. The van der Waals surface area contributed by atoms with Gasteiger partial charge in [0.2, 0.25) is 5.91 Å². The molecule has 0 saturated carbocycles. The Kier molecular flexibility index (Phi) is 3.41. The van der Waals surface area contributed by atoms with Gasteiger partial charge in [-0.25, -0.2) is 4.79 Å². The lowest BCUT2D eigenvalue weighted by Gasteiger charge is -2.07. The van der Waals surface area contributed by atoms with E-state index in [1.54, 1.807) is 0 Å².